The van der Waals surface area contributed by atoms with Crippen molar-refractivity contribution >= 4 is 44.3 Å². The molecule has 1 aliphatic heterocycles. The Morgan fingerprint density at radius 3 is 2.64 bits per heavy atom. The molecule has 1 aliphatic rings. The first-order valence-corrected chi connectivity index (χ1v) is 10.3. The van der Waals surface area contributed by atoms with Crippen LogP contribution in [0.4, 0.5) is 9.93 Å². The number of rotatable bonds is 4. The summed E-state index contributed by atoms with van der Waals surface area (Å²) in [6.45, 7) is 3.38. The van der Waals surface area contributed by atoms with Crippen molar-refractivity contribution in [2.75, 3.05) is 38.2 Å². The van der Waals surface area contributed by atoms with Gasteiger partial charge in [0.25, 0.3) is 0 Å². The van der Waals surface area contributed by atoms with Crippen molar-refractivity contribution in [1.82, 2.24) is 15.2 Å². The fourth-order valence-electron chi connectivity index (χ4n) is 3.16. The molecule has 146 valence electrons. The smallest absolute Gasteiger partial charge is 0.317 e. The highest BCUT2D eigenvalue weighted by Gasteiger charge is 2.23. The molecule has 0 bridgehead atoms. The highest BCUT2D eigenvalue weighted by atomic mass is 35.5. The summed E-state index contributed by atoms with van der Waals surface area (Å²) in [7, 11) is 1.64. The number of fused-ring (bicyclic) bond motifs is 1. The van der Waals surface area contributed by atoms with Crippen LogP contribution in [0.3, 0.4) is 0 Å². The van der Waals surface area contributed by atoms with E-state index in [4.69, 9.17) is 21.3 Å². The Balaban J connectivity index is 1.30. The van der Waals surface area contributed by atoms with E-state index in [0.29, 0.717) is 19.6 Å². The quantitative estimate of drug-likeness (QED) is 0.698. The van der Waals surface area contributed by atoms with E-state index in [-0.39, 0.29) is 6.03 Å². The Labute approximate surface area is 172 Å². The van der Waals surface area contributed by atoms with E-state index < -0.39 is 0 Å². The second kappa shape index (κ2) is 8.24. The molecule has 6 nitrogen and oxygen atoms in total. The van der Waals surface area contributed by atoms with Crippen LogP contribution in [0.15, 0.2) is 42.5 Å². The number of carbonyl (C=O) groups excluding carboxylic acids is 1. The Bertz CT molecular complexity index is 968. The van der Waals surface area contributed by atoms with E-state index in [1.165, 1.54) is 0 Å². The van der Waals surface area contributed by atoms with Crippen LogP contribution in [0.1, 0.15) is 5.56 Å². The van der Waals surface area contributed by atoms with Crippen LogP contribution >= 0.6 is 22.9 Å². The largest absolute Gasteiger partial charge is 0.497 e. The van der Waals surface area contributed by atoms with E-state index in [1.54, 1.807) is 18.4 Å². The van der Waals surface area contributed by atoms with Crippen LogP contribution in [-0.2, 0) is 6.54 Å². The summed E-state index contributed by atoms with van der Waals surface area (Å²) < 4.78 is 6.24. The van der Waals surface area contributed by atoms with Gasteiger partial charge in [-0.2, -0.15) is 0 Å². The van der Waals surface area contributed by atoms with E-state index in [9.17, 15) is 4.79 Å². The minimum Gasteiger partial charge on any atom is -0.497 e. The van der Waals surface area contributed by atoms with Crippen LogP contribution in [0.25, 0.3) is 10.2 Å². The molecule has 0 aliphatic carbocycles. The van der Waals surface area contributed by atoms with Crippen molar-refractivity contribution in [3.8, 4) is 5.75 Å². The van der Waals surface area contributed by atoms with Gasteiger partial charge in [-0.1, -0.05) is 35.1 Å². The minimum atomic E-state index is -0.0356. The van der Waals surface area contributed by atoms with Gasteiger partial charge in [0, 0.05) is 37.7 Å². The molecule has 1 fully saturated rings. The first kappa shape index (κ1) is 18.8. The van der Waals surface area contributed by atoms with Gasteiger partial charge in [0.05, 0.1) is 17.3 Å². The van der Waals surface area contributed by atoms with Crippen molar-refractivity contribution < 1.29 is 9.53 Å². The zero-order valence-corrected chi connectivity index (χ0v) is 17.1. The molecule has 2 aromatic carbocycles. The fourth-order valence-corrected chi connectivity index (χ4v) is 4.45. The molecule has 0 atom stereocenters. The number of nitrogens with one attached hydrogen (secondary N) is 1. The third-order valence-electron chi connectivity index (χ3n) is 4.78. The van der Waals surface area contributed by atoms with Crippen molar-refractivity contribution in [3.05, 3.63) is 53.1 Å². The van der Waals surface area contributed by atoms with E-state index in [2.05, 4.69) is 10.2 Å². The molecule has 0 saturated carbocycles. The minimum absolute atomic E-state index is 0.0356. The molecule has 1 saturated heterocycles. The number of carbonyl (C=O) groups is 1. The van der Waals surface area contributed by atoms with Crippen LogP contribution in [-0.4, -0.2) is 49.2 Å². The number of benzene rings is 2. The molecule has 8 heteroatoms. The van der Waals surface area contributed by atoms with Gasteiger partial charge in [0.2, 0.25) is 0 Å². The summed E-state index contributed by atoms with van der Waals surface area (Å²) in [5, 5.41) is 4.69. The molecule has 0 unspecified atom stereocenters. The predicted molar refractivity (Wildman–Crippen MR) is 114 cm³/mol. The van der Waals surface area contributed by atoms with Crippen LogP contribution in [0.2, 0.25) is 5.02 Å². The molecule has 28 heavy (non-hydrogen) atoms. The molecular formula is C20H21ClN4O2S. The highest BCUT2D eigenvalue weighted by molar-refractivity contribution is 7.22. The van der Waals surface area contributed by atoms with Gasteiger partial charge >= 0.3 is 6.03 Å². The summed E-state index contributed by atoms with van der Waals surface area (Å²) in [6.07, 6.45) is 0. The van der Waals surface area contributed by atoms with Gasteiger partial charge in [-0.25, -0.2) is 9.78 Å². The van der Waals surface area contributed by atoms with Gasteiger partial charge in [-0.15, -0.1) is 0 Å². The summed E-state index contributed by atoms with van der Waals surface area (Å²) >= 11 is 7.70. The average Bonchev–Trinajstić information content (AvgIpc) is 3.15. The molecular weight excluding hydrogens is 396 g/mol. The maximum absolute atomic E-state index is 12.5. The van der Waals surface area contributed by atoms with Crippen molar-refractivity contribution in [1.29, 1.82) is 0 Å². The van der Waals surface area contributed by atoms with Crippen molar-refractivity contribution in [2.24, 2.45) is 0 Å². The summed E-state index contributed by atoms with van der Waals surface area (Å²) in [6, 6.07) is 13.4. The topological polar surface area (TPSA) is 57.7 Å². The normalized spacial score (nSPS) is 14.4. The van der Waals surface area contributed by atoms with E-state index >= 15 is 0 Å². The third-order valence-corrected chi connectivity index (χ3v) is 6.09. The molecule has 3 aromatic rings. The number of nitrogens with zero attached hydrogens (tertiary/aromatic N) is 3. The lowest BCUT2D eigenvalue weighted by Gasteiger charge is -2.34. The Hall–Kier alpha value is -2.51. The SMILES string of the molecule is COc1ccc(CNC(=O)N2CCN(c3nc4ccc(Cl)cc4s3)CC2)cc1. The predicted octanol–water partition coefficient (Wildman–Crippen LogP) is 3.99. The molecule has 1 N–H and O–H groups in total. The number of amides is 2. The number of urea groups is 1. The molecule has 4 rings (SSSR count). The molecule has 2 heterocycles. The van der Waals surface area contributed by atoms with Crippen LogP contribution in [0.5, 0.6) is 5.75 Å². The van der Waals surface area contributed by atoms with E-state index in [0.717, 1.165) is 44.8 Å². The number of ether oxygens (including phenoxy) is 1. The molecule has 2 amide bonds. The Morgan fingerprint density at radius 2 is 1.93 bits per heavy atom. The number of anilines is 1. The molecule has 0 radical (unpaired) electrons. The highest BCUT2D eigenvalue weighted by Crippen LogP contribution is 2.31. The first-order chi connectivity index (χ1) is 13.6. The second-order valence-corrected chi connectivity index (χ2v) is 8.03. The fraction of sp³-hybridized carbons (Fsp3) is 0.300. The number of thiazole rings is 1. The third kappa shape index (κ3) is 4.15. The van der Waals surface area contributed by atoms with Gasteiger partial charge in [0.15, 0.2) is 5.13 Å². The van der Waals surface area contributed by atoms with Gasteiger partial charge in [-0.05, 0) is 35.9 Å². The zero-order valence-electron chi connectivity index (χ0n) is 15.5. The number of hydrogen-bond donors (Lipinski definition) is 1. The zero-order chi connectivity index (χ0) is 19.5. The maximum atomic E-state index is 12.5. The number of hydrogen-bond acceptors (Lipinski definition) is 5. The summed E-state index contributed by atoms with van der Waals surface area (Å²) in [5.74, 6) is 0.809. The Morgan fingerprint density at radius 1 is 1.18 bits per heavy atom. The van der Waals surface area contributed by atoms with Crippen molar-refractivity contribution in [2.45, 2.75) is 6.54 Å². The number of methoxy groups -OCH3 is 1. The Kier molecular flexibility index (Phi) is 5.54. The average molecular weight is 417 g/mol. The second-order valence-electron chi connectivity index (χ2n) is 6.59. The lowest BCUT2D eigenvalue weighted by Crippen LogP contribution is -2.51. The lowest BCUT2D eigenvalue weighted by atomic mass is 10.2. The number of piperazine rings is 1. The molecule has 0 spiro atoms. The van der Waals surface area contributed by atoms with Gasteiger partial charge in [0.1, 0.15) is 5.75 Å². The van der Waals surface area contributed by atoms with Gasteiger partial charge in [-0.3, -0.25) is 0 Å². The lowest BCUT2D eigenvalue weighted by molar-refractivity contribution is 0.194. The molecule has 1 aromatic heterocycles. The van der Waals surface area contributed by atoms with Crippen LogP contribution < -0.4 is 15.0 Å². The van der Waals surface area contributed by atoms with E-state index in [1.807, 2.05) is 47.4 Å². The maximum Gasteiger partial charge on any atom is 0.317 e. The number of halogens is 1. The standard InChI is InChI=1S/C20H21ClN4O2S/c1-27-16-5-2-14(3-6-16)13-22-19(26)24-8-10-25(11-9-24)20-23-17-7-4-15(21)12-18(17)28-20/h2-7,12H,8-11,13H2,1H3,(H,22,26). The van der Waals surface area contributed by atoms with Crippen molar-refractivity contribution in [3.63, 3.8) is 0 Å². The summed E-state index contributed by atoms with van der Waals surface area (Å²) in [5.41, 5.74) is 2.00. The van der Waals surface area contributed by atoms with Gasteiger partial charge < -0.3 is 19.9 Å². The first-order valence-electron chi connectivity index (χ1n) is 9.09. The monoisotopic (exact) mass is 416 g/mol. The van der Waals surface area contributed by atoms with Crippen LogP contribution in [0, 0.1) is 0 Å². The number of aromatic nitrogens is 1. The summed E-state index contributed by atoms with van der Waals surface area (Å²) in [4.78, 5) is 21.2.